The number of hydrogen-bond donors (Lipinski definition) is 1. The quantitative estimate of drug-likeness (QED) is 0.799. The van der Waals surface area contributed by atoms with E-state index < -0.39 is 0 Å². The molecule has 0 bridgehead atoms. The number of hydrogen-bond acceptors (Lipinski definition) is 4. The van der Waals surface area contributed by atoms with Crippen molar-refractivity contribution in [3.8, 4) is 5.82 Å². The van der Waals surface area contributed by atoms with E-state index >= 15 is 0 Å². The van der Waals surface area contributed by atoms with Crippen LogP contribution in [-0.4, -0.2) is 20.7 Å². The normalized spacial score (nSPS) is 10.4. The minimum Gasteiger partial charge on any atom is -0.347 e. The molecule has 100 valence electrons. The van der Waals surface area contributed by atoms with Gasteiger partial charge in [0.15, 0.2) is 5.82 Å². The number of amides is 1. The highest BCUT2D eigenvalue weighted by Gasteiger charge is 2.09. The molecule has 0 unspecified atom stereocenters. The van der Waals surface area contributed by atoms with Gasteiger partial charge in [-0.25, -0.2) is 9.67 Å². The van der Waals surface area contributed by atoms with Gasteiger partial charge in [0.05, 0.1) is 4.88 Å². The summed E-state index contributed by atoms with van der Waals surface area (Å²) in [6.07, 6.45) is 5.23. The Morgan fingerprint density at radius 2 is 2.20 bits per heavy atom. The van der Waals surface area contributed by atoms with Gasteiger partial charge in [-0.05, 0) is 23.6 Å². The molecule has 0 radical (unpaired) electrons. The Morgan fingerprint density at radius 1 is 1.25 bits per heavy atom. The number of rotatable bonds is 4. The first kappa shape index (κ1) is 12.6. The van der Waals surface area contributed by atoms with Crippen molar-refractivity contribution in [3.05, 3.63) is 64.7 Å². The Kier molecular flexibility index (Phi) is 3.56. The lowest BCUT2D eigenvalue weighted by Crippen LogP contribution is -2.23. The van der Waals surface area contributed by atoms with Crippen LogP contribution < -0.4 is 5.32 Å². The lowest BCUT2D eigenvalue weighted by atomic mass is 10.2. The molecular formula is C14H12N4OS. The summed E-state index contributed by atoms with van der Waals surface area (Å²) in [6.45, 7) is 0.416. The molecule has 3 rings (SSSR count). The average molecular weight is 284 g/mol. The first-order chi connectivity index (χ1) is 9.84. The number of nitrogens with zero attached hydrogens (tertiary/aromatic N) is 3. The van der Waals surface area contributed by atoms with Gasteiger partial charge in [0, 0.05) is 30.7 Å². The highest BCUT2D eigenvalue weighted by atomic mass is 32.1. The van der Waals surface area contributed by atoms with Crippen molar-refractivity contribution in [1.29, 1.82) is 0 Å². The molecular weight excluding hydrogens is 272 g/mol. The van der Waals surface area contributed by atoms with Gasteiger partial charge in [-0.2, -0.15) is 5.10 Å². The molecule has 0 spiro atoms. The molecule has 3 heterocycles. The number of carbonyl (C=O) groups excluding carboxylic acids is 1. The maximum Gasteiger partial charge on any atom is 0.261 e. The molecule has 20 heavy (non-hydrogen) atoms. The Bertz CT molecular complexity index is 692. The highest BCUT2D eigenvalue weighted by molar-refractivity contribution is 7.12. The van der Waals surface area contributed by atoms with Crippen molar-refractivity contribution in [3.63, 3.8) is 0 Å². The summed E-state index contributed by atoms with van der Waals surface area (Å²) in [5.74, 6) is 0.652. The van der Waals surface area contributed by atoms with E-state index in [2.05, 4.69) is 15.4 Å². The Morgan fingerprint density at radius 3 is 2.95 bits per heavy atom. The van der Waals surface area contributed by atoms with Gasteiger partial charge in [0.25, 0.3) is 5.91 Å². The van der Waals surface area contributed by atoms with E-state index in [0.29, 0.717) is 11.4 Å². The molecule has 3 aromatic heterocycles. The molecule has 0 saturated carbocycles. The molecule has 0 aliphatic carbocycles. The average Bonchev–Trinajstić information content (AvgIpc) is 3.17. The summed E-state index contributed by atoms with van der Waals surface area (Å²) in [5.41, 5.74) is 0.918. The summed E-state index contributed by atoms with van der Waals surface area (Å²) in [7, 11) is 0. The smallest absolute Gasteiger partial charge is 0.261 e. The molecule has 1 N–H and O–H groups in total. The van der Waals surface area contributed by atoms with E-state index in [-0.39, 0.29) is 5.91 Å². The predicted molar refractivity (Wildman–Crippen MR) is 76.8 cm³/mol. The zero-order valence-electron chi connectivity index (χ0n) is 10.6. The van der Waals surface area contributed by atoms with Crippen LogP contribution in [0.15, 0.2) is 54.3 Å². The monoisotopic (exact) mass is 284 g/mol. The molecule has 0 fully saturated rings. The van der Waals surface area contributed by atoms with E-state index in [4.69, 9.17) is 0 Å². The van der Waals surface area contributed by atoms with Crippen LogP contribution in [0.1, 0.15) is 15.2 Å². The fourth-order valence-electron chi connectivity index (χ4n) is 1.84. The summed E-state index contributed by atoms with van der Waals surface area (Å²) < 4.78 is 1.69. The fraction of sp³-hybridized carbons (Fsp3) is 0.0714. The molecule has 0 aromatic carbocycles. The van der Waals surface area contributed by atoms with Crippen LogP contribution in [0.4, 0.5) is 0 Å². The van der Waals surface area contributed by atoms with Crippen LogP contribution in [0.25, 0.3) is 5.82 Å². The number of nitrogens with one attached hydrogen (secondary N) is 1. The molecule has 0 aliphatic rings. The number of aromatic nitrogens is 3. The van der Waals surface area contributed by atoms with Crippen LogP contribution in [0, 0.1) is 0 Å². The van der Waals surface area contributed by atoms with Crippen molar-refractivity contribution in [2.24, 2.45) is 0 Å². The maximum atomic E-state index is 11.9. The fourth-order valence-corrected chi connectivity index (χ4v) is 2.48. The van der Waals surface area contributed by atoms with Crippen molar-refractivity contribution in [2.75, 3.05) is 0 Å². The number of pyridine rings is 1. The summed E-state index contributed by atoms with van der Waals surface area (Å²) in [6, 6.07) is 9.28. The van der Waals surface area contributed by atoms with E-state index in [9.17, 15) is 4.79 Å². The summed E-state index contributed by atoms with van der Waals surface area (Å²) >= 11 is 1.42. The Hall–Kier alpha value is -2.47. The van der Waals surface area contributed by atoms with Crippen LogP contribution in [0.3, 0.4) is 0 Å². The molecule has 5 nitrogen and oxygen atoms in total. The van der Waals surface area contributed by atoms with E-state index in [1.807, 2.05) is 35.8 Å². The predicted octanol–water partition coefficient (Wildman–Crippen LogP) is 2.26. The van der Waals surface area contributed by atoms with Crippen LogP contribution in [-0.2, 0) is 6.54 Å². The molecule has 1 amide bonds. The summed E-state index contributed by atoms with van der Waals surface area (Å²) in [5, 5.41) is 8.94. The van der Waals surface area contributed by atoms with Gasteiger partial charge in [-0.15, -0.1) is 11.3 Å². The molecule has 0 aliphatic heterocycles. The molecule has 3 aromatic rings. The Labute approximate surface area is 119 Å². The molecule has 0 atom stereocenters. The van der Waals surface area contributed by atoms with E-state index in [1.165, 1.54) is 11.3 Å². The van der Waals surface area contributed by atoms with Gasteiger partial charge >= 0.3 is 0 Å². The lowest BCUT2D eigenvalue weighted by molar-refractivity contribution is 0.0955. The number of thiophene rings is 1. The Balaban J connectivity index is 1.77. The standard InChI is InChI=1S/C14H12N4OS/c19-14(12-5-2-9-20-12)16-10-11-4-1-6-15-13(11)18-8-3-7-17-18/h1-9H,10H2,(H,16,19). The van der Waals surface area contributed by atoms with Crippen molar-refractivity contribution in [2.45, 2.75) is 6.54 Å². The van der Waals surface area contributed by atoms with Crippen molar-refractivity contribution >= 4 is 17.2 Å². The summed E-state index contributed by atoms with van der Waals surface area (Å²) in [4.78, 5) is 17.0. The van der Waals surface area contributed by atoms with Crippen LogP contribution in [0.2, 0.25) is 0 Å². The van der Waals surface area contributed by atoms with E-state index in [1.54, 1.807) is 23.1 Å². The molecule has 0 saturated heterocycles. The first-order valence-corrected chi connectivity index (χ1v) is 6.98. The van der Waals surface area contributed by atoms with Gasteiger partial charge in [-0.3, -0.25) is 4.79 Å². The number of carbonyl (C=O) groups is 1. The first-order valence-electron chi connectivity index (χ1n) is 6.10. The second kappa shape index (κ2) is 5.66. The SMILES string of the molecule is O=C(NCc1cccnc1-n1cccn1)c1cccs1. The zero-order chi connectivity index (χ0) is 13.8. The highest BCUT2D eigenvalue weighted by Crippen LogP contribution is 2.11. The van der Waals surface area contributed by atoms with Crippen LogP contribution >= 0.6 is 11.3 Å². The van der Waals surface area contributed by atoms with E-state index in [0.717, 1.165) is 11.4 Å². The van der Waals surface area contributed by atoms with Crippen LogP contribution in [0.5, 0.6) is 0 Å². The third-order valence-corrected chi connectivity index (χ3v) is 3.64. The minimum absolute atomic E-state index is 0.0738. The second-order valence-electron chi connectivity index (χ2n) is 4.10. The van der Waals surface area contributed by atoms with Gasteiger partial charge in [0.1, 0.15) is 0 Å². The van der Waals surface area contributed by atoms with Crippen molar-refractivity contribution in [1.82, 2.24) is 20.1 Å². The molecule has 6 heteroatoms. The second-order valence-corrected chi connectivity index (χ2v) is 5.04. The van der Waals surface area contributed by atoms with Gasteiger partial charge in [-0.1, -0.05) is 12.1 Å². The minimum atomic E-state index is -0.0738. The topological polar surface area (TPSA) is 59.8 Å². The van der Waals surface area contributed by atoms with Gasteiger partial charge < -0.3 is 5.32 Å². The lowest BCUT2D eigenvalue weighted by Gasteiger charge is -2.09. The maximum absolute atomic E-state index is 11.9. The van der Waals surface area contributed by atoms with Gasteiger partial charge in [0.2, 0.25) is 0 Å². The largest absolute Gasteiger partial charge is 0.347 e. The van der Waals surface area contributed by atoms with Crippen molar-refractivity contribution < 1.29 is 4.79 Å². The third kappa shape index (κ3) is 2.60. The zero-order valence-corrected chi connectivity index (χ0v) is 11.4. The third-order valence-electron chi connectivity index (χ3n) is 2.77.